The Labute approximate surface area is 181 Å². The Hall–Kier alpha value is -3.78. The van der Waals surface area contributed by atoms with E-state index in [1.165, 1.54) is 9.38 Å². The first-order valence-electron chi connectivity index (χ1n) is 9.79. The fraction of sp³-hybridized carbons (Fsp3) is 0.130. The lowest BCUT2D eigenvalue weighted by atomic mass is 10.1. The number of fused-ring (bicyclic) bond motifs is 2. The van der Waals surface area contributed by atoms with Gasteiger partial charge in [-0.15, -0.1) is 11.3 Å². The number of hydrogen-bond acceptors (Lipinski definition) is 5. The van der Waals surface area contributed by atoms with E-state index in [0.717, 1.165) is 22.5 Å². The second-order valence-electron chi connectivity index (χ2n) is 7.41. The molecule has 8 heteroatoms. The number of carbonyl (C=O) groups excluding carboxylic acids is 1. The zero-order valence-electron chi connectivity index (χ0n) is 17.0. The van der Waals surface area contributed by atoms with Crippen molar-refractivity contribution in [3.8, 4) is 0 Å². The van der Waals surface area contributed by atoms with Gasteiger partial charge in [0, 0.05) is 24.8 Å². The Kier molecular flexibility index (Phi) is 4.63. The molecule has 154 valence electrons. The summed E-state index contributed by atoms with van der Waals surface area (Å²) in [6, 6.07) is 17.4. The lowest BCUT2D eigenvalue weighted by molar-refractivity contribution is 0.102. The molecule has 7 nitrogen and oxygen atoms in total. The summed E-state index contributed by atoms with van der Waals surface area (Å²) >= 11 is 1.69. The molecule has 0 aliphatic heterocycles. The Bertz CT molecular complexity index is 1460. The van der Waals surface area contributed by atoms with Crippen LogP contribution >= 0.6 is 11.3 Å². The average molecular weight is 430 g/mol. The number of aromatic nitrogens is 4. The highest BCUT2D eigenvalue weighted by Crippen LogP contribution is 2.24. The molecule has 0 spiro atoms. The zero-order valence-corrected chi connectivity index (χ0v) is 17.8. The lowest BCUT2D eigenvalue weighted by Gasteiger charge is -2.08. The van der Waals surface area contributed by atoms with Crippen LogP contribution in [0.15, 0.2) is 59.4 Å². The molecule has 5 aromatic rings. The van der Waals surface area contributed by atoms with E-state index in [-0.39, 0.29) is 16.9 Å². The largest absolute Gasteiger partial charge is 0.322 e. The summed E-state index contributed by atoms with van der Waals surface area (Å²) in [7, 11) is 1.70. The molecule has 2 aromatic carbocycles. The summed E-state index contributed by atoms with van der Waals surface area (Å²) in [6.45, 7) is 1.80. The van der Waals surface area contributed by atoms with Gasteiger partial charge < -0.3 is 5.32 Å². The van der Waals surface area contributed by atoms with E-state index >= 15 is 0 Å². The molecule has 0 saturated heterocycles. The van der Waals surface area contributed by atoms with Crippen LogP contribution < -0.4 is 10.9 Å². The molecule has 0 radical (unpaired) electrons. The first kappa shape index (κ1) is 19.2. The number of amides is 1. The molecule has 0 bridgehead atoms. The number of para-hydroxylation sites is 1. The van der Waals surface area contributed by atoms with Gasteiger partial charge in [-0.25, -0.2) is 9.97 Å². The SMILES string of the molecule is Cc1cc(C(=O)Nc2ccc(Cc3nc4ccccc4s3)cc2)c2c(=O)[nH]n(C)c2n1. The van der Waals surface area contributed by atoms with E-state index in [9.17, 15) is 9.59 Å². The van der Waals surface area contributed by atoms with Gasteiger partial charge in [0.15, 0.2) is 5.65 Å². The number of carbonyl (C=O) groups is 1. The molecule has 3 aromatic heterocycles. The smallest absolute Gasteiger partial charge is 0.274 e. The quantitative estimate of drug-likeness (QED) is 0.451. The van der Waals surface area contributed by atoms with Crippen molar-refractivity contribution in [2.75, 3.05) is 5.32 Å². The number of nitrogens with zero attached hydrogens (tertiary/aromatic N) is 3. The highest BCUT2D eigenvalue weighted by Gasteiger charge is 2.18. The minimum absolute atomic E-state index is 0.290. The Morgan fingerprint density at radius 1 is 1.13 bits per heavy atom. The van der Waals surface area contributed by atoms with Crippen molar-refractivity contribution in [1.82, 2.24) is 19.7 Å². The number of nitrogens with one attached hydrogen (secondary N) is 2. The predicted octanol–water partition coefficient (Wildman–Crippen LogP) is 4.02. The van der Waals surface area contributed by atoms with Crippen molar-refractivity contribution in [1.29, 1.82) is 0 Å². The molecule has 0 fully saturated rings. The molecule has 3 heterocycles. The molecule has 0 saturated carbocycles. The zero-order chi connectivity index (χ0) is 21.5. The first-order valence-corrected chi connectivity index (χ1v) is 10.6. The van der Waals surface area contributed by atoms with E-state index in [4.69, 9.17) is 0 Å². The molecular weight excluding hydrogens is 410 g/mol. The molecule has 0 unspecified atom stereocenters. The van der Waals surface area contributed by atoms with E-state index < -0.39 is 0 Å². The van der Waals surface area contributed by atoms with Crippen molar-refractivity contribution < 1.29 is 4.79 Å². The number of aromatic amines is 1. The minimum atomic E-state index is -0.342. The maximum absolute atomic E-state index is 12.9. The number of anilines is 1. The molecule has 5 rings (SSSR count). The van der Waals surface area contributed by atoms with Gasteiger partial charge in [-0.05, 0) is 42.8 Å². The van der Waals surface area contributed by atoms with E-state index in [0.29, 0.717) is 22.6 Å². The Morgan fingerprint density at radius 2 is 1.90 bits per heavy atom. The highest BCUT2D eigenvalue weighted by atomic mass is 32.1. The number of thiazole rings is 1. The van der Waals surface area contributed by atoms with Crippen LogP contribution in [0.2, 0.25) is 0 Å². The third-order valence-electron chi connectivity index (χ3n) is 5.09. The minimum Gasteiger partial charge on any atom is -0.322 e. The number of pyridine rings is 1. The monoisotopic (exact) mass is 429 g/mol. The first-order chi connectivity index (χ1) is 15.0. The van der Waals surface area contributed by atoms with Crippen LogP contribution in [-0.2, 0) is 13.5 Å². The van der Waals surface area contributed by atoms with Gasteiger partial charge in [0.2, 0.25) is 0 Å². The topological polar surface area (TPSA) is 92.7 Å². The van der Waals surface area contributed by atoms with Crippen LogP contribution in [0, 0.1) is 6.92 Å². The van der Waals surface area contributed by atoms with Gasteiger partial charge >= 0.3 is 0 Å². The van der Waals surface area contributed by atoms with Gasteiger partial charge in [-0.1, -0.05) is 24.3 Å². The molecule has 31 heavy (non-hydrogen) atoms. The second kappa shape index (κ2) is 7.48. The summed E-state index contributed by atoms with van der Waals surface area (Å²) in [5.74, 6) is -0.342. The fourth-order valence-electron chi connectivity index (χ4n) is 3.64. The molecule has 0 aliphatic rings. The molecular formula is C23H19N5O2S. The Balaban J connectivity index is 1.37. The predicted molar refractivity (Wildman–Crippen MR) is 123 cm³/mol. The van der Waals surface area contributed by atoms with Crippen molar-refractivity contribution in [3.05, 3.63) is 86.8 Å². The van der Waals surface area contributed by atoms with Crippen LogP contribution in [0.5, 0.6) is 0 Å². The van der Waals surface area contributed by atoms with Crippen LogP contribution in [-0.4, -0.2) is 25.7 Å². The highest BCUT2D eigenvalue weighted by molar-refractivity contribution is 7.18. The summed E-state index contributed by atoms with van der Waals surface area (Å²) in [4.78, 5) is 34.2. The maximum atomic E-state index is 12.9. The number of hydrogen-bond donors (Lipinski definition) is 2. The maximum Gasteiger partial charge on any atom is 0.274 e. The van der Waals surface area contributed by atoms with E-state index in [2.05, 4.69) is 26.4 Å². The number of aryl methyl sites for hydroxylation is 2. The van der Waals surface area contributed by atoms with Crippen LogP contribution in [0.4, 0.5) is 5.69 Å². The van der Waals surface area contributed by atoms with Crippen LogP contribution in [0.25, 0.3) is 21.3 Å². The molecule has 2 N–H and O–H groups in total. The standard InChI is InChI=1S/C23H19N5O2S/c1-13-11-16(20-21(24-13)28(2)27-23(20)30)22(29)25-15-9-7-14(8-10-15)12-19-26-17-5-3-4-6-18(17)31-19/h3-11H,12H2,1-2H3,(H,25,29)(H,27,30). The summed E-state index contributed by atoms with van der Waals surface area (Å²) in [6.07, 6.45) is 0.733. The summed E-state index contributed by atoms with van der Waals surface area (Å²) in [5, 5.41) is 6.88. The van der Waals surface area contributed by atoms with Crippen molar-refractivity contribution in [2.45, 2.75) is 13.3 Å². The number of rotatable bonds is 4. The second-order valence-corrected chi connectivity index (χ2v) is 8.53. The third kappa shape index (κ3) is 3.62. The van der Waals surface area contributed by atoms with Crippen molar-refractivity contribution in [3.63, 3.8) is 0 Å². The molecule has 1 amide bonds. The van der Waals surface area contributed by atoms with Gasteiger partial charge in [0.1, 0.15) is 0 Å². The Morgan fingerprint density at radius 3 is 2.68 bits per heavy atom. The normalized spacial score (nSPS) is 11.3. The van der Waals surface area contributed by atoms with Gasteiger partial charge in [-0.3, -0.25) is 19.4 Å². The summed E-state index contributed by atoms with van der Waals surface area (Å²) < 4.78 is 2.70. The van der Waals surface area contributed by atoms with E-state index in [1.807, 2.05) is 42.5 Å². The number of H-pyrrole nitrogens is 1. The van der Waals surface area contributed by atoms with Crippen molar-refractivity contribution >= 4 is 44.2 Å². The van der Waals surface area contributed by atoms with E-state index in [1.54, 1.807) is 31.4 Å². The van der Waals surface area contributed by atoms with Crippen molar-refractivity contribution in [2.24, 2.45) is 7.05 Å². The third-order valence-corrected chi connectivity index (χ3v) is 6.13. The lowest BCUT2D eigenvalue weighted by Crippen LogP contribution is -2.15. The summed E-state index contributed by atoms with van der Waals surface area (Å²) in [5.41, 5.74) is 3.89. The average Bonchev–Trinajstić information content (AvgIpc) is 3.28. The molecule has 0 aliphatic carbocycles. The fourth-order valence-corrected chi connectivity index (χ4v) is 4.64. The van der Waals surface area contributed by atoms with Gasteiger partial charge in [0.25, 0.3) is 11.5 Å². The van der Waals surface area contributed by atoms with Crippen LogP contribution in [0.1, 0.15) is 26.6 Å². The van der Waals surface area contributed by atoms with Crippen LogP contribution in [0.3, 0.4) is 0 Å². The van der Waals surface area contributed by atoms with Gasteiger partial charge in [0.05, 0.1) is 26.2 Å². The molecule has 0 atom stereocenters. The number of benzene rings is 2. The van der Waals surface area contributed by atoms with Gasteiger partial charge in [-0.2, -0.15) is 0 Å².